The number of rotatable bonds is 3. The molecule has 1 aromatic carbocycles. The zero-order valence-electron chi connectivity index (χ0n) is 11.9. The minimum absolute atomic E-state index is 0.481. The van der Waals surface area contributed by atoms with Crippen molar-refractivity contribution in [1.29, 1.82) is 0 Å². The molecule has 1 aromatic rings. The lowest BCUT2D eigenvalue weighted by Crippen LogP contribution is -2.43. The summed E-state index contributed by atoms with van der Waals surface area (Å²) in [5.41, 5.74) is 3.11. The number of sulfone groups is 1. The lowest BCUT2D eigenvalue weighted by molar-refractivity contribution is 0.231. The molecule has 0 bridgehead atoms. The van der Waals surface area contributed by atoms with Crippen molar-refractivity contribution in [2.45, 2.75) is 25.3 Å². The summed E-state index contributed by atoms with van der Waals surface area (Å²) < 4.78 is 23.9. The molecule has 0 radical (unpaired) electrons. The van der Waals surface area contributed by atoms with Crippen LogP contribution in [0.3, 0.4) is 0 Å². The third kappa shape index (κ3) is 3.55. The number of piperazine rings is 1. The van der Waals surface area contributed by atoms with Gasteiger partial charge in [-0.25, -0.2) is 8.42 Å². The Balaban J connectivity index is 2.34. The van der Waals surface area contributed by atoms with E-state index < -0.39 is 9.84 Å². The summed E-state index contributed by atoms with van der Waals surface area (Å²) in [6.45, 7) is 8.58. The fourth-order valence-electron chi connectivity index (χ4n) is 2.43. The number of hydrogen-bond acceptors (Lipinski definition) is 4. The number of nitrogens with zero attached hydrogens (tertiary/aromatic N) is 1. The van der Waals surface area contributed by atoms with Crippen LogP contribution in [-0.2, 0) is 16.4 Å². The molecule has 1 fully saturated rings. The fourth-order valence-corrected chi connectivity index (χ4v) is 3.42. The summed E-state index contributed by atoms with van der Waals surface area (Å²) in [5, 5.41) is 3.31. The van der Waals surface area contributed by atoms with Gasteiger partial charge in [0.2, 0.25) is 0 Å². The van der Waals surface area contributed by atoms with Crippen molar-refractivity contribution in [3.05, 3.63) is 28.8 Å². The average Bonchev–Trinajstić information content (AvgIpc) is 2.33. The number of nitrogens with one attached hydrogen (secondary N) is 1. The van der Waals surface area contributed by atoms with Crippen molar-refractivity contribution in [3.8, 4) is 0 Å². The first kappa shape index (κ1) is 14.5. The second kappa shape index (κ2) is 5.61. The third-order valence-electron chi connectivity index (χ3n) is 3.68. The zero-order chi connectivity index (χ0) is 14.0. The highest BCUT2D eigenvalue weighted by molar-refractivity contribution is 7.90. The predicted molar refractivity (Wildman–Crippen MR) is 77.2 cm³/mol. The van der Waals surface area contributed by atoms with Crippen LogP contribution >= 0.6 is 0 Å². The van der Waals surface area contributed by atoms with Crippen LogP contribution in [0.5, 0.6) is 0 Å². The standard InChI is InChI=1S/C14H22N2O2S/c1-11-8-13(10-16-6-4-15-5-7-16)14(9-12(11)2)19(3,17)18/h8-9,15H,4-7,10H2,1-3H3. The summed E-state index contributed by atoms with van der Waals surface area (Å²) in [6.07, 6.45) is 1.29. The minimum atomic E-state index is -3.17. The molecule has 1 aliphatic rings. The molecule has 0 unspecified atom stereocenters. The minimum Gasteiger partial charge on any atom is -0.314 e. The molecule has 19 heavy (non-hydrogen) atoms. The second-order valence-corrected chi connectivity index (χ2v) is 7.33. The summed E-state index contributed by atoms with van der Waals surface area (Å²) >= 11 is 0. The first-order valence-corrected chi connectivity index (χ1v) is 8.50. The van der Waals surface area contributed by atoms with Gasteiger partial charge in [-0.3, -0.25) is 4.90 Å². The maximum absolute atomic E-state index is 11.9. The van der Waals surface area contributed by atoms with Crippen molar-refractivity contribution in [2.75, 3.05) is 32.4 Å². The molecule has 0 amide bonds. The zero-order valence-corrected chi connectivity index (χ0v) is 12.7. The van der Waals surface area contributed by atoms with E-state index >= 15 is 0 Å². The van der Waals surface area contributed by atoms with Crippen LogP contribution in [0, 0.1) is 13.8 Å². The molecule has 1 N–H and O–H groups in total. The van der Waals surface area contributed by atoms with Crippen molar-refractivity contribution in [2.24, 2.45) is 0 Å². The monoisotopic (exact) mass is 282 g/mol. The van der Waals surface area contributed by atoms with Crippen molar-refractivity contribution < 1.29 is 8.42 Å². The summed E-state index contributed by atoms with van der Waals surface area (Å²) in [6, 6.07) is 3.83. The van der Waals surface area contributed by atoms with Gasteiger partial charge in [0.1, 0.15) is 0 Å². The van der Waals surface area contributed by atoms with Crippen LogP contribution in [0.2, 0.25) is 0 Å². The molecule has 0 atom stereocenters. The Labute approximate surface area is 115 Å². The van der Waals surface area contributed by atoms with E-state index in [2.05, 4.69) is 10.2 Å². The van der Waals surface area contributed by atoms with Crippen molar-refractivity contribution >= 4 is 9.84 Å². The Morgan fingerprint density at radius 2 is 1.74 bits per heavy atom. The van der Waals surface area contributed by atoms with Gasteiger partial charge in [-0.15, -0.1) is 0 Å². The Kier molecular flexibility index (Phi) is 4.28. The lowest BCUT2D eigenvalue weighted by Gasteiger charge is -2.28. The Morgan fingerprint density at radius 3 is 2.32 bits per heavy atom. The van der Waals surface area contributed by atoms with Gasteiger partial charge in [-0.05, 0) is 36.6 Å². The molecule has 5 heteroatoms. The van der Waals surface area contributed by atoms with E-state index in [1.54, 1.807) is 0 Å². The van der Waals surface area contributed by atoms with Gasteiger partial charge in [0.25, 0.3) is 0 Å². The second-order valence-electron chi connectivity index (χ2n) is 5.34. The van der Waals surface area contributed by atoms with E-state index in [0.717, 1.165) is 42.9 Å². The van der Waals surface area contributed by atoms with Crippen LogP contribution in [0.25, 0.3) is 0 Å². The van der Waals surface area contributed by atoms with Gasteiger partial charge in [-0.1, -0.05) is 6.07 Å². The molecule has 0 aliphatic carbocycles. The topological polar surface area (TPSA) is 49.4 Å². The van der Waals surface area contributed by atoms with Crippen molar-refractivity contribution in [3.63, 3.8) is 0 Å². The molecule has 106 valence electrons. The highest BCUT2D eigenvalue weighted by Crippen LogP contribution is 2.22. The molecule has 2 rings (SSSR count). The van der Waals surface area contributed by atoms with E-state index in [9.17, 15) is 8.42 Å². The first-order chi connectivity index (χ1) is 8.88. The summed E-state index contributed by atoms with van der Waals surface area (Å²) in [7, 11) is -3.17. The summed E-state index contributed by atoms with van der Waals surface area (Å²) in [5.74, 6) is 0. The van der Waals surface area contributed by atoms with Crippen LogP contribution in [0.1, 0.15) is 16.7 Å². The van der Waals surface area contributed by atoms with Gasteiger partial charge in [0.15, 0.2) is 9.84 Å². The molecular formula is C14H22N2O2S. The van der Waals surface area contributed by atoms with Gasteiger partial charge >= 0.3 is 0 Å². The van der Waals surface area contributed by atoms with Crippen LogP contribution in [-0.4, -0.2) is 45.8 Å². The van der Waals surface area contributed by atoms with Gasteiger partial charge in [-0.2, -0.15) is 0 Å². The number of aryl methyl sites for hydroxylation is 2. The van der Waals surface area contributed by atoms with E-state index in [1.165, 1.54) is 6.26 Å². The SMILES string of the molecule is Cc1cc(CN2CCNCC2)c(S(C)(=O)=O)cc1C. The van der Waals surface area contributed by atoms with Crippen LogP contribution < -0.4 is 5.32 Å². The Morgan fingerprint density at radius 1 is 1.16 bits per heavy atom. The largest absolute Gasteiger partial charge is 0.314 e. The molecule has 0 saturated carbocycles. The summed E-state index contributed by atoms with van der Waals surface area (Å²) in [4.78, 5) is 2.78. The molecular weight excluding hydrogens is 260 g/mol. The molecule has 4 nitrogen and oxygen atoms in total. The van der Waals surface area contributed by atoms with Gasteiger partial charge in [0.05, 0.1) is 4.90 Å². The number of hydrogen-bond donors (Lipinski definition) is 1. The molecule has 1 heterocycles. The van der Waals surface area contributed by atoms with E-state index in [4.69, 9.17) is 0 Å². The normalized spacial score (nSPS) is 17.6. The fraction of sp³-hybridized carbons (Fsp3) is 0.571. The van der Waals surface area contributed by atoms with E-state index in [-0.39, 0.29) is 0 Å². The maximum atomic E-state index is 11.9. The maximum Gasteiger partial charge on any atom is 0.175 e. The average molecular weight is 282 g/mol. The predicted octanol–water partition coefficient (Wildman–Crippen LogP) is 1.11. The molecule has 0 aromatic heterocycles. The van der Waals surface area contributed by atoms with Gasteiger partial charge in [0, 0.05) is 39.0 Å². The Bertz CT molecular complexity index is 561. The first-order valence-electron chi connectivity index (χ1n) is 6.61. The molecule has 0 spiro atoms. The lowest BCUT2D eigenvalue weighted by atomic mass is 10.1. The molecule has 1 aliphatic heterocycles. The third-order valence-corrected chi connectivity index (χ3v) is 4.86. The quantitative estimate of drug-likeness (QED) is 0.902. The van der Waals surface area contributed by atoms with Crippen molar-refractivity contribution in [1.82, 2.24) is 10.2 Å². The van der Waals surface area contributed by atoms with Crippen LogP contribution in [0.4, 0.5) is 0 Å². The Hall–Kier alpha value is -0.910. The number of benzene rings is 1. The van der Waals surface area contributed by atoms with E-state index in [1.807, 2.05) is 26.0 Å². The smallest absolute Gasteiger partial charge is 0.175 e. The van der Waals surface area contributed by atoms with Gasteiger partial charge < -0.3 is 5.32 Å². The molecule has 1 saturated heterocycles. The highest BCUT2D eigenvalue weighted by atomic mass is 32.2. The van der Waals surface area contributed by atoms with E-state index in [0.29, 0.717) is 11.4 Å². The van der Waals surface area contributed by atoms with Crippen LogP contribution in [0.15, 0.2) is 17.0 Å². The highest BCUT2D eigenvalue weighted by Gasteiger charge is 2.18.